The molecule has 0 spiro atoms. The van der Waals surface area contributed by atoms with Gasteiger partial charge in [-0.2, -0.15) is 16.1 Å². The minimum absolute atomic E-state index is 0.0235. The second kappa shape index (κ2) is 10.8. The average Bonchev–Trinajstić information content (AvgIpc) is 2.81. The van der Waals surface area contributed by atoms with Crippen LogP contribution in [0.5, 0.6) is 5.75 Å². The van der Waals surface area contributed by atoms with Crippen LogP contribution in [0.3, 0.4) is 0 Å². The molecule has 0 aromatic heterocycles. The molecule has 1 unspecified atom stereocenters. The monoisotopic (exact) mass is 503 g/mol. The second-order valence-electron chi connectivity index (χ2n) is 8.41. The summed E-state index contributed by atoms with van der Waals surface area (Å²) in [5, 5.41) is 9.93. The molecule has 0 aliphatic carbocycles. The molecule has 9 heteroatoms. The van der Waals surface area contributed by atoms with Gasteiger partial charge in [0.05, 0.1) is 11.5 Å². The number of rotatable bonds is 8. The van der Waals surface area contributed by atoms with E-state index in [0.717, 1.165) is 9.87 Å². The van der Waals surface area contributed by atoms with Crippen molar-refractivity contribution in [3.63, 3.8) is 0 Å². The number of aliphatic carboxylic acids is 1. The van der Waals surface area contributed by atoms with Crippen molar-refractivity contribution in [3.8, 4) is 17.6 Å². The number of carbonyl (C=O) groups is 1. The lowest BCUT2D eigenvalue weighted by Gasteiger charge is -2.50. The highest BCUT2D eigenvalue weighted by Gasteiger charge is 2.58. The molecule has 0 bridgehead atoms. The van der Waals surface area contributed by atoms with E-state index < -0.39 is 26.3 Å². The summed E-state index contributed by atoms with van der Waals surface area (Å²) in [6, 6.07) is 15.8. The molecular formula is C25H29NO6S2. The molecule has 0 saturated carbocycles. The number of carboxylic acid groups (broad SMARTS) is 1. The zero-order valence-electron chi connectivity index (χ0n) is 19.5. The quantitative estimate of drug-likeness (QED) is 0.434. The van der Waals surface area contributed by atoms with E-state index in [1.54, 1.807) is 26.0 Å². The fourth-order valence-corrected chi connectivity index (χ4v) is 6.91. The zero-order chi connectivity index (χ0) is 24.8. The Hall–Kier alpha value is -2.51. The van der Waals surface area contributed by atoms with E-state index in [1.807, 2.05) is 30.3 Å². The summed E-state index contributed by atoms with van der Waals surface area (Å²) in [5.74, 6) is 5.55. The highest BCUT2D eigenvalue weighted by Crippen LogP contribution is 2.45. The molecule has 182 valence electrons. The maximum absolute atomic E-state index is 13.3. The zero-order valence-corrected chi connectivity index (χ0v) is 21.1. The molecule has 2 aromatic carbocycles. The van der Waals surface area contributed by atoms with Crippen molar-refractivity contribution in [1.82, 2.24) is 4.31 Å². The summed E-state index contributed by atoms with van der Waals surface area (Å²) in [5.41, 5.74) is -0.506. The summed E-state index contributed by atoms with van der Waals surface area (Å²) < 4.78 is 38.1. The van der Waals surface area contributed by atoms with E-state index in [1.165, 1.54) is 30.8 Å². The largest absolute Gasteiger partial charge is 0.481 e. The van der Waals surface area contributed by atoms with Crippen molar-refractivity contribution < 1.29 is 27.8 Å². The highest BCUT2D eigenvalue weighted by molar-refractivity contribution is 8.01. The topological polar surface area (TPSA) is 93.1 Å². The van der Waals surface area contributed by atoms with Crippen LogP contribution in [0.15, 0.2) is 59.5 Å². The van der Waals surface area contributed by atoms with Crippen LogP contribution in [0.4, 0.5) is 0 Å². The first kappa shape index (κ1) is 26.1. The van der Waals surface area contributed by atoms with E-state index in [9.17, 15) is 18.3 Å². The van der Waals surface area contributed by atoms with Crippen LogP contribution < -0.4 is 4.74 Å². The van der Waals surface area contributed by atoms with Crippen molar-refractivity contribution >= 4 is 27.8 Å². The molecular weight excluding hydrogens is 474 g/mol. The normalized spacial score (nSPS) is 20.2. The molecule has 0 amide bonds. The summed E-state index contributed by atoms with van der Waals surface area (Å²) in [4.78, 5) is 12.2. The van der Waals surface area contributed by atoms with Gasteiger partial charge in [-0.15, -0.1) is 0 Å². The average molecular weight is 504 g/mol. The van der Waals surface area contributed by atoms with Gasteiger partial charge in [-0.3, -0.25) is 4.79 Å². The van der Waals surface area contributed by atoms with Gasteiger partial charge in [0.1, 0.15) is 24.5 Å². The Labute approximate surface area is 205 Å². The molecule has 1 aliphatic heterocycles. The molecule has 3 rings (SSSR count). The summed E-state index contributed by atoms with van der Waals surface area (Å²) >= 11 is 1.46. The lowest BCUT2D eigenvalue weighted by atomic mass is 9.87. The van der Waals surface area contributed by atoms with Crippen molar-refractivity contribution in [1.29, 1.82) is 0 Å². The Balaban J connectivity index is 1.59. The third kappa shape index (κ3) is 5.58. The smallest absolute Gasteiger partial charge is 0.326 e. The molecule has 1 fully saturated rings. The molecule has 1 N–H and O–H groups in total. The Kier molecular flexibility index (Phi) is 8.31. The Morgan fingerprint density at radius 3 is 2.35 bits per heavy atom. The number of benzene rings is 2. The van der Waals surface area contributed by atoms with Crippen LogP contribution in [0.25, 0.3) is 0 Å². The van der Waals surface area contributed by atoms with E-state index in [-0.39, 0.29) is 24.7 Å². The van der Waals surface area contributed by atoms with Crippen molar-refractivity contribution in [2.45, 2.75) is 42.6 Å². The van der Waals surface area contributed by atoms with Crippen LogP contribution in [-0.4, -0.2) is 59.6 Å². The number of thioether (sulfide) groups is 1. The van der Waals surface area contributed by atoms with Gasteiger partial charge in [-0.25, -0.2) is 8.42 Å². The number of ether oxygens (including phenoxy) is 2. The van der Waals surface area contributed by atoms with Crippen molar-refractivity contribution in [2.24, 2.45) is 0 Å². The van der Waals surface area contributed by atoms with Gasteiger partial charge < -0.3 is 14.6 Å². The predicted octanol–water partition coefficient (Wildman–Crippen LogP) is 3.65. The van der Waals surface area contributed by atoms with Crippen LogP contribution in [-0.2, 0) is 26.2 Å². The standard InChI is InChI=1S/C25H29NO6S2/c1-24(2)25(3,23(27)28)26(15-18-33-24)34(29,30)22-13-11-21(12-14-22)32-17-8-7-16-31-19-20-9-5-4-6-10-20/h4-6,9-14H,15-19H2,1-3H3,(H,27,28). The van der Waals surface area contributed by atoms with Crippen LogP contribution >= 0.6 is 11.8 Å². The lowest BCUT2D eigenvalue weighted by molar-refractivity contribution is -0.149. The summed E-state index contributed by atoms with van der Waals surface area (Å²) in [6.07, 6.45) is 0. The Bertz CT molecular complexity index is 1150. The molecule has 1 saturated heterocycles. The summed E-state index contributed by atoms with van der Waals surface area (Å²) in [7, 11) is -4.02. The SMILES string of the molecule is CC1(C)SCCN(S(=O)(=O)c2ccc(OCC#CCOCc3ccccc3)cc2)C1(C)C(=O)O. The third-order valence-electron chi connectivity index (χ3n) is 5.98. The fourth-order valence-electron chi connectivity index (χ4n) is 3.62. The van der Waals surface area contributed by atoms with Crippen LogP contribution in [0.2, 0.25) is 0 Å². The van der Waals surface area contributed by atoms with Crippen molar-refractivity contribution in [2.75, 3.05) is 25.5 Å². The van der Waals surface area contributed by atoms with Gasteiger partial charge in [-0.1, -0.05) is 42.2 Å². The van der Waals surface area contributed by atoms with Gasteiger partial charge in [0.2, 0.25) is 10.0 Å². The molecule has 34 heavy (non-hydrogen) atoms. The molecule has 7 nitrogen and oxygen atoms in total. The van der Waals surface area contributed by atoms with Gasteiger partial charge in [0.25, 0.3) is 0 Å². The van der Waals surface area contributed by atoms with Gasteiger partial charge in [-0.05, 0) is 50.6 Å². The first-order chi connectivity index (χ1) is 16.1. The fraction of sp³-hybridized carbons (Fsp3) is 0.400. The second-order valence-corrected chi connectivity index (χ2v) is 12.0. The molecule has 0 radical (unpaired) electrons. The van der Waals surface area contributed by atoms with E-state index in [2.05, 4.69) is 11.8 Å². The lowest BCUT2D eigenvalue weighted by Crippen LogP contribution is -2.67. The van der Waals surface area contributed by atoms with Gasteiger partial charge in [0, 0.05) is 17.0 Å². The van der Waals surface area contributed by atoms with Crippen LogP contribution in [0, 0.1) is 11.8 Å². The summed E-state index contributed by atoms with van der Waals surface area (Å²) in [6.45, 7) is 6.02. The highest BCUT2D eigenvalue weighted by atomic mass is 32.2. The first-order valence-corrected chi connectivity index (χ1v) is 13.2. The number of hydrogen-bond donors (Lipinski definition) is 1. The van der Waals surface area contributed by atoms with Gasteiger partial charge >= 0.3 is 5.97 Å². The van der Waals surface area contributed by atoms with E-state index in [4.69, 9.17) is 9.47 Å². The number of carboxylic acids is 1. The van der Waals surface area contributed by atoms with E-state index >= 15 is 0 Å². The Morgan fingerprint density at radius 2 is 1.71 bits per heavy atom. The third-order valence-corrected chi connectivity index (χ3v) is 9.48. The molecule has 1 aliphatic rings. The molecule has 1 heterocycles. The molecule has 2 aromatic rings. The number of hydrogen-bond acceptors (Lipinski definition) is 6. The minimum atomic E-state index is -4.02. The first-order valence-electron chi connectivity index (χ1n) is 10.8. The number of nitrogens with zero attached hydrogens (tertiary/aromatic N) is 1. The Morgan fingerprint density at radius 1 is 1.06 bits per heavy atom. The van der Waals surface area contributed by atoms with Gasteiger partial charge in [0.15, 0.2) is 0 Å². The minimum Gasteiger partial charge on any atom is -0.481 e. The predicted molar refractivity (Wildman–Crippen MR) is 132 cm³/mol. The maximum atomic E-state index is 13.3. The van der Waals surface area contributed by atoms with Crippen molar-refractivity contribution in [3.05, 3.63) is 60.2 Å². The van der Waals surface area contributed by atoms with E-state index in [0.29, 0.717) is 18.1 Å². The maximum Gasteiger partial charge on any atom is 0.326 e. The molecule has 1 atom stereocenters. The van der Waals surface area contributed by atoms with Crippen LogP contribution in [0.1, 0.15) is 26.3 Å². The number of sulfonamides is 1.